The van der Waals surface area contributed by atoms with Crippen molar-refractivity contribution < 1.29 is 76.4 Å². The molecular formula is C46H35Cl2F7N6O10S4. The van der Waals surface area contributed by atoms with Crippen LogP contribution in [0.25, 0.3) is 0 Å². The molecule has 1 N–H and O–H groups in total. The summed E-state index contributed by atoms with van der Waals surface area (Å²) >= 11 is 12.6. The van der Waals surface area contributed by atoms with E-state index >= 15 is 4.39 Å². The molecule has 29 heteroatoms. The third-order valence-corrected chi connectivity index (χ3v) is 15.3. The Morgan fingerprint density at radius 2 is 0.960 bits per heavy atom. The van der Waals surface area contributed by atoms with E-state index < -0.39 is 76.3 Å². The Hall–Kier alpha value is -7.17. The minimum atomic E-state index is -4.72. The number of hydrogen-bond acceptors (Lipinski definition) is 16. The third kappa shape index (κ3) is 14.2. The van der Waals surface area contributed by atoms with Crippen molar-refractivity contribution in [3.05, 3.63) is 172 Å². The van der Waals surface area contributed by atoms with Gasteiger partial charge in [0.1, 0.15) is 80.2 Å². The van der Waals surface area contributed by atoms with E-state index in [1.807, 2.05) is 0 Å². The third-order valence-electron chi connectivity index (χ3n) is 9.75. The molecule has 2 heterocycles. The van der Waals surface area contributed by atoms with Gasteiger partial charge in [0.2, 0.25) is 10.3 Å². The first-order valence-corrected chi connectivity index (χ1v) is 25.7. The van der Waals surface area contributed by atoms with Gasteiger partial charge in [-0.25, -0.2) is 66.1 Å². The fourth-order valence-corrected chi connectivity index (χ4v) is 11.1. The van der Waals surface area contributed by atoms with Gasteiger partial charge in [0.25, 0.3) is 20.0 Å². The largest absolute Gasteiger partial charge is 0.508 e. The summed E-state index contributed by atoms with van der Waals surface area (Å²) in [7, 11) is -3.68. The molecule has 0 amide bonds. The van der Waals surface area contributed by atoms with E-state index in [0.29, 0.717) is 52.3 Å². The Labute approximate surface area is 441 Å². The number of sulfonamides is 2. The number of methoxy groups -OCH3 is 4. The maximum absolute atomic E-state index is 15.1. The quantitative estimate of drug-likeness (QED) is 0.0709. The van der Waals surface area contributed by atoms with Crippen LogP contribution in [0.1, 0.15) is 11.1 Å². The van der Waals surface area contributed by atoms with Crippen molar-refractivity contribution in [2.24, 2.45) is 0 Å². The van der Waals surface area contributed by atoms with Crippen LogP contribution < -0.4 is 32.3 Å². The van der Waals surface area contributed by atoms with Crippen LogP contribution in [-0.4, -0.2) is 69.1 Å². The SMILES string of the molecule is COc1ccc(CN(c2ncns2)S(=O)(=O)c2cc(F)c(F)cc2F)c(OC)c1.COc1ccc(CN(c2ncns2)S(=O)(=O)c2cc(F)c(Oc3cc(F)cc(Cl)c3)cc2F)c(OC)c1.Oc1cc(F)cc(Cl)c1. The summed E-state index contributed by atoms with van der Waals surface area (Å²) in [5.74, 6) is -7.72. The van der Waals surface area contributed by atoms with Crippen molar-refractivity contribution >= 4 is 76.6 Å². The van der Waals surface area contributed by atoms with Gasteiger partial charge in [-0.3, -0.25) is 0 Å². The first-order valence-electron chi connectivity index (χ1n) is 20.5. The zero-order chi connectivity index (χ0) is 54.8. The van der Waals surface area contributed by atoms with Crippen LogP contribution in [-0.2, 0) is 33.1 Å². The summed E-state index contributed by atoms with van der Waals surface area (Å²) in [6.07, 6.45) is 2.25. The monoisotopic (exact) mass is 1160 g/mol. The Morgan fingerprint density at radius 3 is 1.39 bits per heavy atom. The first-order chi connectivity index (χ1) is 35.6. The van der Waals surface area contributed by atoms with Gasteiger partial charge in [0.15, 0.2) is 23.2 Å². The van der Waals surface area contributed by atoms with E-state index in [2.05, 4.69) is 18.7 Å². The predicted molar refractivity (Wildman–Crippen MR) is 263 cm³/mol. The van der Waals surface area contributed by atoms with Gasteiger partial charge in [0, 0.05) is 92.8 Å². The smallest absolute Gasteiger partial charge is 0.269 e. The van der Waals surface area contributed by atoms with Gasteiger partial charge < -0.3 is 28.8 Å². The molecule has 8 rings (SSSR count). The predicted octanol–water partition coefficient (Wildman–Crippen LogP) is 11.4. The molecule has 0 aliphatic carbocycles. The van der Waals surface area contributed by atoms with Crippen molar-refractivity contribution in [1.82, 2.24) is 18.7 Å². The summed E-state index contributed by atoms with van der Waals surface area (Å²) in [4.78, 5) is 5.79. The number of rotatable bonds is 16. The number of phenols is 1. The van der Waals surface area contributed by atoms with Gasteiger partial charge in [-0.05, 0) is 48.5 Å². The fourth-order valence-electron chi connectivity index (χ4n) is 6.32. The van der Waals surface area contributed by atoms with Gasteiger partial charge in [-0.15, -0.1) is 0 Å². The van der Waals surface area contributed by atoms with Crippen molar-refractivity contribution in [3.63, 3.8) is 0 Å². The zero-order valence-electron chi connectivity index (χ0n) is 38.6. The number of benzene rings is 6. The van der Waals surface area contributed by atoms with Crippen molar-refractivity contribution in [2.75, 3.05) is 37.0 Å². The fraction of sp³-hybridized carbons (Fsp3) is 0.130. The van der Waals surface area contributed by atoms with Crippen LogP contribution >= 0.6 is 46.3 Å². The van der Waals surface area contributed by atoms with E-state index in [4.69, 9.17) is 52.0 Å². The van der Waals surface area contributed by atoms with Crippen LogP contribution in [0.5, 0.6) is 40.2 Å². The summed E-state index contributed by atoms with van der Waals surface area (Å²) < 4.78 is 186. The number of halogens is 9. The van der Waals surface area contributed by atoms with Crippen LogP contribution in [0, 0.1) is 40.7 Å². The summed E-state index contributed by atoms with van der Waals surface area (Å²) in [6, 6.07) is 17.4. The number of aromatic nitrogens is 4. The molecule has 0 radical (unpaired) electrons. The lowest BCUT2D eigenvalue weighted by molar-refractivity contribution is 0.391. The van der Waals surface area contributed by atoms with E-state index in [0.717, 1.165) is 68.6 Å². The average molecular weight is 1160 g/mol. The van der Waals surface area contributed by atoms with Gasteiger partial charge in [-0.1, -0.05) is 23.2 Å². The molecule has 0 bridgehead atoms. The van der Waals surface area contributed by atoms with Crippen LogP contribution in [0.4, 0.5) is 41.0 Å². The molecule has 75 heavy (non-hydrogen) atoms. The lowest BCUT2D eigenvalue weighted by Crippen LogP contribution is -2.31. The number of aromatic hydroxyl groups is 1. The maximum atomic E-state index is 15.1. The molecular weight excluding hydrogens is 1130 g/mol. The standard InChI is InChI=1S/C23H17ClF3N3O5S2.C17H14F3N3O4S2.C6H4ClFO/c1-33-16-4-3-13(20(8-16)34-2)11-30(23-28-12-29-36-23)37(31,32)22-10-18(26)21(9-19(22)27)35-17-6-14(24)5-15(25)7-17;1-26-11-4-3-10(15(5-11)27-2)8-23(17-21-9-22-28-17)29(24,25)16-7-13(19)12(18)6-14(16)20;7-4-1-5(8)3-6(9)2-4/h3-10,12H,11H2,1-2H3;3-7,9H,8H2,1-2H3;1-3,9H. The second-order valence-electron chi connectivity index (χ2n) is 14.6. The summed E-state index contributed by atoms with van der Waals surface area (Å²) in [6.45, 7) is -0.672. The highest BCUT2D eigenvalue weighted by atomic mass is 35.5. The van der Waals surface area contributed by atoms with Crippen molar-refractivity contribution in [3.8, 4) is 40.2 Å². The van der Waals surface area contributed by atoms with Crippen molar-refractivity contribution in [2.45, 2.75) is 22.9 Å². The highest BCUT2D eigenvalue weighted by molar-refractivity contribution is 7.93. The molecule has 0 saturated carbocycles. The molecule has 6 aromatic carbocycles. The molecule has 2 aromatic heterocycles. The molecule has 0 fully saturated rings. The lowest BCUT2D eigenvalue weighted by atomic mass is 10.2. The van der Waals surface area contributed by atoms with Crippen LogP contribution in [0.3, 0.4) is 0 Å². The number of phenolic OH excluding ortho intramolecular Hbond substituents is 1. The van der Waals surface area contributed by atoms with Crippen molar-refractivity contribution in [1.29, 1.82) is 0 Å². The molecule has 0 atom stereocenters. The van der Waals surface area contributed by atoms with Crippen LogP contribution in [0.2, 0.25) is 10.0 Å². The number of nitrogens with zero attached hydrogens (tertiary/aromatic N) is 6. The maximum Gasteiger partial charge on any atom is 0.269 e. The number of ether oxygens (including phenoxy) is 5. The Bertz CT molecular complexity index is 3450. The van der Waals surface area contributed by atoms with E-state index in [-0.39, 0.29) is 51.0 Å². The topological polar surface area (TPSA) is 193 Å². The molecule has 8 aromatic rings. The number of anilines is 2. The van der Waals surface area contributed by atoms with E-state index in [9.17, 15) is 43.2 Å². The van der Waals surface area contributed by atoms with Gasteiger partial charge in [-0.2, -0.15) is 8.75 Å². The molecule has 0 aliphatic heterocycles. The second kappa shape index (κ2) is 24.9. The Kier molecular flexibility index (Phi) is 19.0. The molecule has 0 saturated heterocycles. The average Bonchev–Trinajstić information content (AvgIpc) is 4.10. The van der Waals surface area contributed by atoms with Crippen LogP contribution in [0.15, 0.2) is 120 Å². The molecule has 0 spiro atoms. The van der Waals surface area contributed by atoms with E-state index in [1.54, 1.807) is 36.4 Å². The normalized spacial score (nSPS) is 11.1. The van der Waals surface area contributed by atoms with Gasteiger partial charge >= 0.3 is 0 Å². The molecule has 0 unspecified atom stereocenters. The summed E-state index contributed by atoms with van der Waals surface area (Å²) in [5.41, 5.74) is 0.793. The molecule has 0 aliphatic rings. The second-order valence-corrected chi connectivity index (χ2v) is 20.6. The number of hydrogen-bond donors (Lipinski definition) is 1. The lowest BCUT2D eigenvalue weighted by Gasteiger charge is -2.23. The zero-order valence-corrected chi connectivity index (χ0v) is 43.4. The minimum absolute atomic E-state index is 0.0308. The molecule has 396 valence electrons. The van der Waals surface area contributed by atoms with E-state index in [1.165, 1.54) is 40.6 Å². The summed E-state index contributed by atoms with van der Waals surface area (Å²) in [5, 5.41) is 8.66. The highest BCUT2D eigenvalue weighted by Crippen LogP contribution is 2.37. The Morgan fingerprint density at radius 1 is 0.507 bits per heavy atom. The Balaban J connectivity index is 0.000000213. The molecule has 16 nitrogen and oxygen atoms in total. The highest BCUT2D eigenvalue weighted by Gasteiger charge is 2.34. The minimum Gasteiger partial charge on any atom is -0.508 e. The first kappa shape index (κ1) is 57.1. The van der Waals surface area contributed by atoms with Gasteiger partial charge in [0.05, 0.1) is 41.5 Å².